The Morgan fingerprint density at radius 1 is 0.363 bits per heavy atom. The zero-order valence-electron chi connectivity index (χ0n) is 66.4. The predicted molar refractivity (Wildman–Crippen MR) is 494 cm³/mol. The Balaban J connectivity index is 0.000000162. The van der Waals surface area contributed by atoms with Gasteiger partial charge >= 0.3 is 0 Å². The molecule has 4 amide bonds. The minimum Gasteiger partial charge on any atom is -0.506 e. The van der Waals surface area contributed by atoms with E-state index in [0.29, 0.717) is 55.6 Å². The Labute approximate surface area is 724 Å². The smallest absolute Gasteiger partial charge is 0.256 e. The molecule has 2 unspecified atom stereocenters. The zero-order chi connectivity index (χ0) is 85.7. The van der Waals surface area contributed by atoms with Crippen molar-refractivity contribution in [1.29, 1.82) is 0 Å². The van der Waals surface area contributed by atoms with Crippen LogP contribution in [0.2, 0.25) is 0 Å². The number of amides is 4. The Bertz CT molecular complexity index is 7070. The van der Waals surface area contributed by atoms with E-state index >= 15 is 0 Å². The minimum atomic E-state index is -1.20. The molecule has 18 aromatic rings. The molecule has 10 N–H and O–H groups in total. The third kappa shape index (κ3) is 15.7. The number of nitrogens with zero attached hydrogens (tertiary/aromatic N) is 2. The van der Waals surface area contributed by atoms with Crippen LogP contribution in [0, 0.1) is 27.7 Å². The van der Waals surface area contributed by atoms with Crippen molar-refractivity contribution in [2.45, 2.75) is 40.2 Å². The average molecular weight is 1720 g/mol. The van der Waals surface area contributed by atoms with Crippen molar-refractivity contribution in [3.05, 3.63) is 347 Å². The summed E-state index contributed by atoms with van der Waals surface area (Å²) in [6, 6.07) is 88.0. The van der Waals surface area contributed by atoms with Crippen molar-refractivity contribution >= 4 is 163 Å². The van der Waals surface area contributed by atoms with Crippen LogP contribution in [0.3, 0.4) is 0 Å². The average Bonchev–Trinajstić information content (AvgIpc) is 0.891. The second-order valence-electron chi connectivity index (χ2n) is 29.9. The molecule has 4 heterocycles. The Morgan fingerprint density at radius 2 is 0.734 bits per heavy atom. The molecular weight excluding hydrogens is 1640 g/mol. The molecule has 20 nitrogen and oxygen atoms in total. The summed E-state index contributed by atoms with van der Waals surface area (Å²) in [4.78, 5) is 65.7. The Hall–Kier alpha value is -14.9. The van der Waals surface area contributed by atoms with Crippen molar-refractivity contribution in [2.75, 3.05) is 31.9 Å². The zero-order valence-corrected chi connectivity index (χ0v) is 69.6. The van der Waals surface area contributed by atoms with Crippen molar-refractivity contribution in [3.8, 4) is 79.7 Å². The van der Waals surface area contributed by atoms with Crippen molar-refractivity contribution in [2.24, 2.45) is 0 Å². The van der Waals surface area contributed by atoms with Crippen LogP contribution in [0.15, 0.2) is 300 Å². The number of hydrogen-bond acceptors (Lipinski definition) is 16. The van der Waals surface area contributed by atoms with Crippen molar-refractivity contribution in [1.82, 2.24) is 9.97 Å². The molecule has 0 saturated heterocycles. The number of carbonyl (C=O) groups is 4. The highest BCUT2D eigenvalue weighted by Gasteiger charge is 2.32. The number of aromatic nitrogens is 2. The molecule has 124 heavy (non-hydrogen) atoms. The monoisotopic (exact) mass is 1710 g/mol. The fraction of sp³-hybridized carbons (Fsp3) is 0.0600. The second kappa shape index (κ2) is 33.6. The lowest BCUT2D eigenvalue weighted by atomic mass is 9.83. The number of fused-ring (bicyclic) bond motifs is 8. The normalized spacial score (nSPS) is 13.1. The highest BCUT2D eigenvalue weighted by Crippen LogP contribution is 2.52. The summed E-state index contributed by atoms with van der Waals surface area (Å²) < 4.78 is 25.8. The molecule has 0 radical (unpaired) electrons. The molecule has 24 heteroatoms. The molecule has 2 aliphatic rings. The summed E-state index contributed by atoms with van der Waals surface area (Å²) in [6.07, 6.45) is -0.720. The van der Waals surface area contributed by atoms with E-state index in [4.69, 9.17) is 62.0 Å². The maximum Gasteiger partial charge on any atom is 0.256 e. The molecule has 0 saturated carbocycles. The van der Waals surface area contributed by atoms with Gasteiger partial charge in [0, 0.05) is 44.5 Å². The van der Waals surface area contributed by atoms with E-state index in [1.165, 1.54) is 24.3 Å². The fourth-order valence-electron chi connectivity index (χ4n) is 16.2. The second-order valence-corrected chi connectivity index (χ2v) is 34.8. The van der Waals surface area contributed by atoms with E-state index in [1.807, 2.05) is 91.0 Å². The molecule has 2 atom stereocenters. The van der Waals surface area contributed by atoms with E-state index < -0.39 is 35.8 Å². The van der Waals surface area contributed by atoms with Crippen LogP contribution in [0.5, 0.6) is 34.5 Å². The summed E-state index contributed by atoms with van der Waals surface area (Å²) in [5.41, 5.74) is 17.0. The van der Waals surface area contributed by atoms with Gasteiger partial charge in [-0.15, -0.1) is 0 Å². The van der Waals surface area contributed by atoms with Gasteiger partial charge in [0.1, 0.15) is 45.5 Å². The number of phenols is 4. The summed E-state index contributed by atoms with van der Waals surface area (Å²) in [7, 11) is 0. The molecule has 0 spiro atoms. The molecule has 20 rings (SSSR count). The van der Waals surface area contributed by atoms with Gasteiger partial charge in [-0.1, -0.05) is 161 Å². The van der Waals surface area contributed by atoms with E-state index in [9.17, 15) is 39.6 Å². The fourth-order valence-corrected chi connectivity index (χ4v) is 16.2. The lowest BCUT2D eigenvalue weighted by Crippen LogP contribution is -2.16. The third-order valence-corrected chi connectivity index (χ3v) is 22.3. The van der Waals surface area contributed by atoms with Crippen LogP contribution in [-0.4, -0.2) is 54.0 Å². The van der Waals surface area contributed by atoms with Crippen molar-refractivity contribution < 1.29 is 57.9 Å². The van der Waals surface area contributed by atoms with Gasteiger partial charge in [-0.25, -0.2) is 9.97 Å². The number of para-hydroxylation sites is 16. The first-order chi connectivity index (χ1) is 60.1. The quantitative estimate of drug-likeness (QED) is 0.0358. The number of rotatable bonds is 14. The Morgan fingerprint density at radius 3 is 1.21 bits per heavy atom. The maximum absolute atomic E-state index is 14.3. The summed E-state index contributed by atoms with van der Waals surface area (Å²) in [6.45, 7) is 7.91. The van der Waals surface area contributed by atoms with Crippen molar-refractivity contribution in [3.63, 3.8) is 0 Å². The van der Waals surface area contributed by atoms with Gasteiger partial charge in [0.05, 0.1) is 34.1 Å². The largest absolute Gasteiger partial charge is 0.506 e. The molecular formula is C100H72Cl3N8O12P. The maximum atomic E-state index is 14.3. The number of anilines is 6. The van der Waals surface area contributed by atoms with Gasteiger partial charge in [-0.2, -0.15) is 0 Å². The number of hydrogen-bond donors (Lipinski definition) is 10. The molecule has 0 aliphatic carbocycles. The lowest BCUT2D eigenvalue weighted by molar-refractivity contribution is 0.101. The standard InChI is InChI=1S/C50H38N4O8.C50H34N4O4.Cl3P/c1-27-35(49(61)53-39-13-5-9-17-43(39)57)25-31-23-29(47(59)51-37-11-3-7-15-41(37)55)19-21-33(31)45(27)46-28(2)36(50(62)54-40-14-6-10-18-44(40)58)26-32-24-30(20-22-34(32)46)48(60)52-38-12-4-8-16-42(38)56;1-27-35(49-53-39-13-5-9-17-43(39)57-49)25-31-23-29(47-51-37-11-3-7-15-41(37)55-47)19-21-33(31)45(27)46-28(2)36(50-54-40-14-6-10-18-44(40)58-50)26-32-24-30(20-22-34(32)46)48-52-38-12-4-8-16-42(38)56-48;1-4(2)3/h3-26,55-58H,1-2H3,(H,51,59)(H,52,60)(H,53,61)(H,54,62);3-26,47,49,51,53H,1-2H3;. The highest BCUT2D eigenvalue weighted by atomic mass is 36.0. The lowest BCUT2D eigenvalue weighted by Gasteiger charge is -2.23. The third-order valence-electron chi connectivity index (χ3n) is 22.3. The number of nitrogens with one attached hydrogen (secondary N) is 6. The molecule has 2 aromatic heterocycles. The van der Waals surface area contributed by atoms with E-state index in [1.54, 1.807) is 135 Å². The molecule has 0 fully saturated rings. The highest BCUT2D eigenvalue weighted by molar-refractivity contribution is 8.20. The molecule has 610 valence electrons. The van der Waals surface area contributed by atoms with Gasteiger partial charge < -0.3 is 70.6 Å². The number of halogens is 3. The number of phenolic OH excluding ortho intramolecular Hbond substituents is 4. The van der Waals surface area contributed by atoms with Crippen LogP contribution < -0.4 is 41.4 Å². The van der Waals surface area contributed by atoms with Crippen LogP contribution in [-0.2, 0) is 0 Å². The number of ether oxygens (including phenoxy) is 2. The van der Waals surface area contributed by atoms with Crippen LogP contribution >= 0.6 is 39.7 Å². The summed E-state index contributed by atoms with van der Waals surface area (Å²) >= 11 is 14.6. The molecule has 0 bridgehead atoms. The first kappa shape index (κ1) is 80.2. The van der Waals surface area contributed by atoms with E-state index in [2.05, 4.69) is 100 Å². The first-order valence-electron chi connectivity index (χ1n) is 39.3. The topological polar surface area (TPSA) is 292 Å². The number of aromatic hydroxyl groups is 4. The van der Waals surface area contributed by atoms with Crippen LogP contribution in [0.25, 0.3) is 110 Å². The van der Waals surface area contributed by atoms with Gasteiger partial charge in [0.15, 0.2) is 29.6 Å². The molecule has 16 aromatic carbocycles. The first-order valence-corrected chi connectivity index (χ1v) is 43.4. The van der Waals surface area contributed by atoms with Crippen LogP contribution in [0.4, 0.5) is 34.1 Å². The van der Waals surface area contributed by atoms with E-state index in [-0.39, 0.29) is 74.2 Å². The molecule has 2 aliphatic heterocycles. The number of benzene rings is 16. The minimum absolute atomic E-state index is 0.115. The van der Waals surface area contributed by atoms with Gasteiger partial charge in [-0.3, -0.25) is 19.2 Å². The SMILES string of the molecule is Cc1c(-c2nc3ccccc3o2)cc2cc(-c3nc4ccccc4o3)ccc2c1-c1c(C)c(C2Nc3ccccc3O2)cc2cc(C3Nc4ccccc4O3)ccc12.Cc1c(C(=O)Nc2ccccc2O)cc2cc(C(=O)Nc3ccccc3O)ccc2c1-c1c(C)c(C(=O)Nc2ccccc2O)cc2cc(C(=O)Nc3ccccc3O)ccc12.ClP(Cl)Cl. The summed E-state index contributed by atoms with van der Waals surface area (Å²) in [5.74, 6) is -1.08. The summed E-state index contributed by atoms with van der Waals surface area (Å²) in [5, 5.41) is 66.6. The van der Waals surface area contributed by atoms with Gasteiger partial charge in [-0.05, 0) is 279 Å². The van der Waals surface area contributed by atoms with E-state index in [0.717, 1.165) is 111 Å². The number of oxazole rings is 2. The van der Waals surface area contributed by atoms with Gasteiger partial charge in [0.2, 0.25) is 11.8 Å². The van der Waals surface area contributed by atoms with Crippen LogP contribution in [0.1, 0.15) is 87.3 Å². The Kier molecular flexibility index (Phi) is 21.7. The number of carbonyl (C=O) groups excluding carboxylic acids is 4. The predicted octanol–water partition coefficient (Wildman–Crippen LogP) is 25.9. The van der Waals surface area contributed by atoms with Gasteiger partial charge in [0.25, 0.3) is 23.6 Å².